The summed E-state index contributed by atoms with van der Waals surface area (Å²) in [6, 6.07) is 5.74. The topological polar surface area (TPSA) is 61.7 Å². The molecular formula is C7H8N4S. The highest BCUT2D eigenvalue weighted by atomic mass is 32.2. The fraction of sp³-hybridized carbons (Fsp3) is 0.286. The summed E-state index contributed by atoms with van der Waals surface area (Å²) in [5.41, 5.74) is 8.00. The van der Waals surface area contributed by atoms with Crippen molar-refractivity contribution in [2.24, 2.45) is 5.11 Å². The van der Waals surface area contributed by atoms with E-state index in [0.29, 0.717) is 6.54 Å². The van der Waals surface area contributed by atoms with Gasteiger partial charge < -0.3 is 0 Å². The van der Waals surface area contributed by atoms with Gasteiger partial charge in [-0.15, -0.1) is 11.8 Å². The molecule has 0 N–H and O–H groups in total. The summed E-state index contributed by atoms with van der Waals surface area (Å²) in [5.74, 6) is 0.779. The first-order valence-corrected chi connectivity index (χ1v) is 4.47. The van der Waals surface area contributed by atoms with Gasteiger partial charge in [0.1, 0.15) is 0 Å². The molecule has 0 amide bonds. The van der Waals surface area contributed by atoms with Crippen molar-refractivity contribution < 1.29 is 0 Å². The summed E-state index contributed by atoms with van der Waals surface area (Å²) in [6.45, 7) is 0.512. The van der Waals surface area contributed by atoms with Crippen molar-refractivity contribution in [2.75, 3.05) is 12.3 Å². The van der Waals surface area contributed by atoms with E-state index in [-0.39, 0.29) is 0 Å². The molecule has 12 heavy (non-hydrogen) atoms. The third-order valence-corrected chi connectivity index (χ3v) is 2.07. The number of nitrogens with zero attached hydrogens (tertiary/aromatic N) is 4. The van der Waals surface area contributed by atoms with E-state index in [1.807, 2.05) is 18.2 Å². The summed E-state index contributed by atoms with van der Waals surface area (Å²) in [5, 5.41) is 4.38. The van der Waals surface area contributed by atoms with E-state index >= 15 is 0 Å². The van der Waals surface area contributed by atoms with E-state index in [4.69, 9.17) is 5.53 Å². The zero-order valence-corrected chi connectivity index (χ0v) is 7.24. The van der Waals surface area contributed by atoms with Crippen LogP contribution in [0.2, 0.25) is 0 Å². The molecule has 5 heteroatoms. The molecule has 0 unspecified atom stereocenters. The van der Waals surface area contributed by atoms with Gasteiger partial charge in [0, 0.05) is 23.4 Å². The lowest BCUT2D eigenvalue weighted by Gasteiger charge is -1.95. The molecule has 62 valence electrons. The first-order valence-electron chi connectivity index (χ1n) is 3.48. The van der Waals surface area contributed by atoms with E-state index in [2.05, 4.69) is 15.0 Å². The van der Waals surface area contributed by atoms with Crippen LogP contribution >= 0.6 is 11.8 Å². The summed E-state index contributed by atoms with van der Waals surface area (Å²) in [4.78, 5) is 6.76. The Morgan fingerprint density at radius 3 is 3.17 bits per heavy atom. The molecule has 0 radical (unpaired) electrons. The largest absolute Gasteiger partial charge is 0.250 e. The second-order valence-corrected chi connectivity index (χ2v) is 3.09. The first kappa shape index (κ1) is 8.90. The minimum Gasteiger partial charge on any atom is -0.250 e. The average molecular weight is 180 g/mol. The molecule has 0 aliphatic rings. The van der Waals surface area contributed by atoms with Crippen molar-refractivity contribution in [3.05, 3.63) is 34.8 Å². The average Bonchev–Trinajstić information content (AvgIpc) is 2.14. The van der Waals surface area contributed by atoms with Gasteiger partial charge in [-0.25, -0.2) is 4.98 Å². The zero-order valence-electron chi connectivity index (χ0n) is 6.42. The fourth-order valence-electron chi connectivity index (χ4n) is 0.668. The molecular weight excluding hydrogens is 172 g/mol. The number of aromatic nitrogens is 1. The van der Waals surface area contributed by atoms with Crippen molar-refractivity contribution in [1.82, 2.24) is 4.98 Å². The molecule has 0 aliphatic heterocycles. The Hall–Kier alpha value is -1.19. The molecule has 1 aromatic heterocycles. The van der Waals surface area contributed by atoms with Gasteiger partial charge in [-0.2, -0.15) is 0 Å². The molecule has 1 heterocycles. The Labute approximate surface area is 74.6 Å². The van der Waals surface area contributed by atoms with Crippen LogP contribution in [-0.4, -0.2) is 17.3 Å². The van der Waals surface area contributed by atoms with Gasteiger partial charge in [-0.3, -0.25) is 0 Å². The number of hydrogen-bond donors (Lipinski definition) is 0. The van der Waals surface area contributed by atoms with Crippen molar-refractivity contribution in [1.29, 1.82) is 0 Å². The molecule has 0 aromatic carbocycles. The quantitative estimate of drug-likeness (QED) is 0.235. The fourth-order valence-corrected chi connectivity index (χ4v) is 1.36. The molecule has 4 nitrogen and oxygen atoms in total. The maximum absolute atomic E-state index is 8.00. The van der Waals surface area contributed by atoms with Crippen LogP contribution in [0.4, 0.5) is 0 Å². The van der Waals surface area contributed by atoms with E-state index in [1.54, 1.807) is 18.0 Å². The molecule has 0 atom stereocenters. The summed E-state index contributed by atoms with van der Waals surface area (Å²) >= 11 is 1.58. The Kier molecular flexibility index (Phi) is 4.05. The number of azide groups is 1. The van der Waals surface area contributed by atoms with Gasteiger partial charge in [-0.1, -0.05) is 11.2 Å². The van der Waals surface area contributed by atoms with Crippen LogP contribution < -0.4 is 0 Å². The van der Waals surface area contributed by atoms with Gasteiger partial charge >= 0.3 is 0 Å². The lowest BCUT2D eigenvalue weighted by molar-refractivity contribution is 1.09. The van der Waals surface area contributed by atoms with Crippen LogP contribution in [0.3, 0.4) is 0 Å². The molecule has 0 bridgehead atoms. The third-order valence-electron chi connectivity index (χ3n) is 1.14. The van der Waals surface area contributed by atoms with Crippen LogP contribution in [0.25, 0.3) is 10.4 Å². The number of pyridine rings is 1. The molecule has 1 rings (SSSR count). The number of thioether (sulfide) groups is 1. The van der Waals surface area contributed by atoms with Crippen molar-refractivity contribution in [2.45, 2.75) is 5.03 Å². The minimum absolute atomic E-state index is 0.512. The van der Waals surface area contributed by atoms with Gasteiger partial charge in [0.15, 0.2) is 0 Å². The number of hydrogen-bond acceptors (Lipinski definition) is 3. The van der Waals surface area contributed by atoms with Crippen LogP contribution in [0.15, 0.2) is 34.5 Å². The maximum Gasteiger partial charge on any atom is 0.0959 e. The molecule has 1 aromatic rings. The second-order valence-electron chi connectivity index (χ2n) is 1.97. The lowest BCUT2D eigenvalue weighted by atomic mass is 10.5. The van der Waals surface area contributed by atoms with Gasteiger partial charge in [0.25, 0.3) is 0 Å². The van der Waals surface area contributed by atoms with Gasteiger partial charge in [0.05, 0.1) is 5.03 Å². The Balaban J connectivity index is 2.29. The van der Waals surface area contributed by atoms with Crippen LogP contribution in [0.1, 0.15) is 0 Å². The normalized spacial score (nSPS) is 9.00. The molecule has 0 saturated heterocycles. The summed E-state index contributed by atoms with van der Waals surface area (Å²) in [6.07, 6.45) is 1.75. The lowest BCUT2D eigenvalue weighted by Crippen LogP contribution is -1.84. The minimum atomic E-state index is 0.512. The third kappa shape index (κ3) is 3.27. The van der Waals surface area contributed by atoms with E-state index in [0.717, 1.165) is 10.8 Å². The van der Waals surface area contributed by atoms with Crippen molar-refractivity contribution in [3.63, 3.8) is 0 Å². The Morgan fingerprint density at radius 2 is 2.50 bits per heavy atom. The van der Waals surface area contributed by atoms with Gasteiger partial charge in [-0.05, 0) is 17.7 Å². The Bertz CT molecular complexity index is 268. The second kappa shape index (κ2) is 5.46. The van der Waals surface area contributed by atoms with Gasteiger partial charge in [0.2, 0.25) is 0 Å². The standard InChI is InChI=1S/C7H8N4S/c8-11-10-5-6-12-7-3-1-2-4-9-7/h1-4H,5-6H2. The molecule has 0 saturated carbocycles. The zero-order chi connectivity index (χ0) is 8.65. The van der Waals surface area contributed by atoms with Crippen LogP contribution in [-0.2, 0) is 0 Å². The maximum atomic E-state index is 8.00. The summed E-state index contributed by atoms with van der Waals surface area (Å²) in [7, 11) is 0. The van der Waals surface area contributed by atoms with Crippen molar-refractivity contribution >= 4 is 11.8 Å². The number of rotatable bonds is 4. The Morgan fingerprint density at radius 1 is 1.58 bits per heavy atom. The van der Waals surface area contributed by atoms with E-state index in [1.165, 1.54) is 0 Å². The van der Waals surface area contributed by atoms with E-state index < -0.39 is 0 Å². The summed E-state index contributed by atoms with van der Waals surface area (Å²) < 4.78 is 0. The van der Waals surface area contributed by atoms with Crippen LogP contribution in [0, 0.1) is 0 Å². The van der Waals surface area contributed by atoms with E-state index in [9.17, 15) is 0 Å². The van der Waals surface area contributed by atoms with Crippen LogP contribution in [0.5, 0.6) is 0 Å². The smallest absolute Gasteiger partial charge is 0.0959 e. The molecule has 0 aliphatic carbocycles. The predicted molar refractivity (Wildman–Crippen MR) is 49.0 cm³/mol. The predicted octanol–water partition coefficient (Wildman–Crippen LogP) is 2.48. The SMILES string of the molecule is [N-]=[N+]=NCCSc1ccccn1. The van der Waals surface area contributed by atoms with Crippen molar-refractivity contribution in [3.8, 4) is 0 Å². The first-order chi connectivity index (χ1) is 5.93. The highest BCUT2D eigenvalue weighted by molar-refractivity contribution is 7.99. The molecule has 0 fully saturated rings. The molecule has 0 spiro atoms. The highest BCUT2D eigenvalue weighted by Crippen LogP contribution is 2.12. The monoisotopic (exact) mass is 180 g/mol. The highest BCUT2D eigenvalue weighted by Gasteiger charge is 1.91.